The molecule has 0 aliphatic carbocycles. The van der Waals surface area contributed by atoms with E-state index in [1.165, 1.54) is 12.1 Å². The Morgan fingerprint density at radius 3 is 2.89 bits per heavy atom. The second-order valence-corrected chi connectivity index (χ2v) is 7.40. The summed E-state index contributed by atoms with van der Waals surface area (Å²) in [7, 11) is 0. The lowest BCUT2D eigenvalue weighted by Crippen LogP contribution is -2.49. The predicted molar refractivity (Wildman–Crippen MR) is 107 cm³/mol. The maximum Gasteiger partial charge on any atom is 0.263 e. The highest BCUT2D eigenvalue weighted by Crippen LogP contribution is 2.19. The SMILES string of the molecule is CC(Oc1cccc(F)c1)C(=O)N1CCCC(CNC(=O)C2CCCN2)C1.Cl. The van der Waals surface area contributed by atoms with E-state index in [9.17, 15) is 14.0 Å². The molecule has 1 aromatic carbocycles. The van der Waals surface area contributed by atoms with Gasteiger partial charge in [-0.05, 0) is 57.2 Å². The van der Waals surface area contributed by atoms with Crippen LogP contribution in [0.1, 0.15) is 32.6 Å². The first kappa shape index (κ1) is 22.4. The molecule has 28 heavy (non-hydrogen) atoms. The molecular formula is C20H29ClFN3O3. The van der Waals surface area contributed by atoms with E-state index in [1.807, 2.05) is 0 Å². The second-order valence-electron chi connectivity index (χ2n) is 7.40. The van der Waals surface area contributed by atoms with Crippen LogP contribution in [0.2, 0.25) is 0 Å². The molecule has 156 valence electrons. The summed E-state index contributed by atoms with van der Waals surface area (Å²) in [4.78, 5) is 26.6. The number of hydrogen-bond donors (Lipinski definition) is 2. The number of carbonyl (C=O) groups is 2. The molecule has 2 aliphatic rings. The molecule has 2 amide bonds. The fourth-order valence-corrected chi connectivity index (χ4v) is 3.76. The summed E-state index contributed by atoms with van der Waals surface area (Å²) >= 11 is 0. The van der Waals surface area contributed by atoms with E-state index >= 15 is 0 Å². The van der Waals surface area contributed by atoms with E-state index in [4.69, 9.17) is 4.74 Å². The van der Waals surface area contributed by atoms with Crippen molar-refractivity contribution in [3.63, 3.8) is 0 Å². The lowest BCUT2D eigenvalue weighted by molar-refractivity contribution is -0.139. The molecule has 2 heterocycles. The number of amides is 2. The predicted octanol–water partition coefficient (Wildman–Crippen LogP) is 2.12. The smallest absolute Gasteiger partial charge is 0.263 e. The Bertz CT molecular complexity index is 670. The third kappa shape index (κ3) is 6.07. The summed E-state index contributed by atoms with van der Waals surface area (Å²) in [5, 5.41) is 6.21. The van der Waals surface area contributed by atoms with Crippen LogP contribution in [0.15, 0.2) is 24.3 Å². The fourth-order valence-electron chi connectivity index (χ4n) is 3.76. The topological polar surface area (TPSA) is 70.7 Å². The van der Waals surface area contributed by atoms with Crippen LogP contribution in [0.3, 0.4) is 0 Å². The normalized spacial score (nSPS) is 22.9. The van der Waals surface area contributed by atoms with Crippen LogP contribution in [0, 0.1) is 11.7 Å². The van der Waals surface area contributed by atoms with Crippen molar-refractivity contribution in [3.8, 4) is 5.75 Å². The molecule has 0 aromatic heterocycles. The summed E-state index contributed by atoms with van der Waals surface area (Å²) in [6.45, 7) is 4.45. The lowest BCUT2D eigenvalue weighted by Gasteiger charge is -2.34. The molecular weight excluding hydrogens is 385 g/mol. The van der Waals surface area contributed by atoms with Gasteiger partial charge in [-0.2, -0.15) is 0 Å². The number of rotatable bonds is 6. The molecule has 2 aliphatic heterocycles. The minimum absolute atomic E-state index is 0. The number of piperidine rings is 1. The molecule has 1 aromatic rings. The third-order valence-corrected chi connectivity index (χ3v) is 5.23. The molecule has 2 fully saturated rings. The third-order valence-electron chi connectivity index (χ3n) is 5.23. The zero-order valence-electron chi connectivity index (χ0n) is 16.2. The van der Waals surface area contributed by atoms with E-state index in [2.05, 4.69) is 10.6 Å². The van der Waals surface area contributed by atoms with Gasteiger partial charge < -0.3 is 20.3 Å². The zero-order chi connectivity index (χ0) is 19.2. The van der Waals surface area contributed by atoms with Crippen LogP contribution in [-0.2, 0) is 9.59 Å². The van der Waals surface area contributed by atoms with Crippen molar-refractivity contribution in [1.29, 1.82) is 0 Å². The van der Waals surface area contributed by atoms with Gasteiger partial charge in [-0.25, -0.2) is 4.39 Å². The summed E-state index contributed by atoms with van der Waals surface area (Å²) in [6, 6.07) is 5.73. The Labute approximate surface area is 171 Å². The molecule has 0 saturated carbocycles. The molecule has 8 heteroatoms. The van der Waals surface area contributed by atoms with Gasteiger partial charge in [0.25, 0.3) is 5.91 Å². The van der Waals surface area contributed by atoms with Gasteiger partial charge in [0.05, 0.1) is 6.04 Å². The van der Waals surface area contributed by atoms with Crippen LogP contribution in [0.4, 0.5) is 4.39 Å². The van der Waals surface area contributed by atoms with Gasteiger partial charge in [0.2, 0.25) is 5.91 Å². The van der Waals surface area contributed by atoms with E-state index in [-0.39, 0.29) is 36.2 Å². The molecule has 0 radical (unpaired) electrons. The summed E-state index contributed by atoms with van der Waals surface area (Å²) in [5.74, 6) is 0.152. The Morgan fingerprint density at radius 2 is 2.18 bits per heavy atom. The van der Waals surface area contributed by atoms with E-state index in [1.54, 1.807) is 24.0 Å². The largest absolute Gasteiger partial charge is 0.481 e. The van der Waals surface area contributed by atoms with E-state index in [0.717, 1.165) is 32.2 Å². The Kier molecular flexibility index (Phi) is 8.51. The van der Waals surface area contributed by atoms with Gasteiger partial charge in [0, 0.05) is 25.7 Å². The highest BCUT2D eigenvalue weighted by Gasteiger charge is 2.29. The quantitative estimate of drug-likeness (QED) is 0.749. The second kappa shape index (κ2) is 10.6. The minimum atomic E-state index is -0.678. The number of nitrogens with zero attached hydrogens (tertiary/aromatic N) is 1. The summed E-state index contributed by atoms with van der Waals surface area (Å²) in [6.07, 6.45) is 3.13. The highest BCUT2D eigenvalue weighted by molar-refractivity contribution is 5.85. The van der Waals surface area contributed by atoms with Crippen molar-refractivity contribution in [2.45, 2.75) is 44.8 Å². The minimum Gasteiger partial charge on any atom is -0.481 e. The molecule has 0 bridgehead atoms. The van der Waals surface area contributed by atoms with Crippen molar-refractivity contribution >= 4 is 24.2 Å². The summed E-state index contributed by atoms with van der Waals surface area (Å²) < 4.78 is 18.9. The maximum absolute atomic E-state index is 13.3. The first-order valence-corrected chi connectivity index (χ1v) is 9.75. The van der Waals surface area contributed by atoms with Crippen molar-refractivity contribution in [3.05, 3.63) is 30.1 Å². The van der Waals surface area contributed by atoms with Crippen LogP contribution >= 0.6 is 12.4 Å². The number of carbonyl (C=O) groups excluding carboxylic acids is 2. The molecule has 0 spiro atoms. The average molecular weight is 414 g/mol. The van der Waals surface area contributed by atoms with Crippen molar-refractivity contribution in [1.82, 2.24) is 15.5 Å². The van der Waals surface area contributed by atoms with Crippen LogP contribution in [-0.4, -0.2) is 55.0 Å². The first-order chi connectivity index (χ1) is 13.0. The average Bonchev–Trinajstić information content (AvgIpc) is 3.20. The van der Waals surface area contributed by atoms with Crippen LogP contribution < -0.4 is 15.4 Å². The molecule has 3 rings (SSSR count). The highest BCUT2D eigenvalue weighted by atomic mass is 35.5. The molecule has 3 unspecified atom stereocenters. The number of halogens is 2. The maximum atomic E-state index is 13.3. The van der Waals surface area contributed by atoms with Crippen molar-refractivity contribution in [2.24, 2.45) is 5.92 Å². The van der Waals surface area contributed by atoms with Gasteiger partial charge in [-0.3, -0.25) is 9.59 Å². The van der Waals surface area contributed by atoms with Gasteiger partial charge in [-0.15, -0.1) is 12.4 Å². The van der Waals surface area contributed by atoms with Crippen LogP contribution in [0.5, 0.6) is 5.75 Å². The standard InChI is InChI=1S/C20H28FN3O3.ClH/c1-14(27-17-7-2-6-16(21)11-17)20(26)24-10-4-5-15(13-24)12-23-19(25)18-8-3-9-22-18;/h2,6-7,11,14-15,18,22H,3-5,8-10,12-13H2,1H3,(H,23,25);1H. The number of hydrogen-bond acceptors (Lipinski definition) is 4. The molecule has 2 saturated heterocycles. The lowest BCUT2D eigenvalue weighted by atomic mass is 9.97. The van der Waals surface area contributed by atoms with Gasteiger partial charge in [-0.1, -0.05) is 6.07 Å². The first-order valence-electron chi connectivity index (χ1n) is 9.75. The number of benzene rings is 1. The van der Waals surface area contributed by atoms with Crippen LogP contribution in [0.25, 0.3) is 0 Å². The number of nitrogens with one attached hydrogen (secondary N) is 2. The Balaban J connectivity index is 0.00000280. The van der Waals surface area contributed by atoms with E-state index in [0.29, 0.717) is 25.4 Å². The van der Waals surface area contributed by atoms with Crippen molar-refractivity contribution in [2.75, 3.05) is 26.2 Å². The Hall–Kier alpha value is -1.86. The van der Waals surface area contributed by atoms with Gasteiger partial charge in [0.1, 0.15) is 11.6 Å². The Morgan fingerprint density at radius 1 is 1.36 bits per heavy atom. The summed E-state index contributed by atoms with van der Waals surface area (Å²) in [5.41, 5.74) is 0. The molecule has 2 N–H and O–H groups in total. The molecule has 3 atom stereocenters. The van der Waals surface area contributed by atoms with Crippen molar-refractivity contribution < 1.29 is 18.7 Å². The monoisotopic (exact) mass is 413 g/mol. The van der Waals surface area contributed by atoms with Gasteiger partial charge in [0.15, 0.2) is 6.10 Å². The van der Waals surface area contributed by atoms with Gasteiger partial charge >= 0.3 is 0 Å². The molecule has 6 nitrogen and oxygen atoms in total. The zero-order valence-corrected chi connectivity index (χ0v) is 17.0. The van der Waals surface area contributed by atoms with E-state index < -0.39 is 11.9 Å². The fraction of sp³-hybridized carbons (Fsp3) is 0.600. The number of ether oxygens (including phenoxy) is 1. The number of likely N-dealkylation sites (tertiary alicyclic amines) is 1.